The van der Waals surface area contributed by atoms with Gasteiger partial charge in [0.05, 0.1) is 6.21 Å². The number of benzene rings is 1. The van der Waals surface area contributed by atoms with Crippen molar-refractivity contribution in [3.63, 3.8) is 0 Å². The Bertz CT molecular complexity index is 539. The number of rotatable bonds is 10. The molecule has 0 bridgehead atoms. The third-order valence-electron chi connectivity index (χ3n) is 2.30. The van der Waals surface area contributed by atoms with Gasteiger partial charge in [-0.25, -0.2) is 0 Å². The number of carboxylic acids is 1. The maximum Gasteiger partial charge on any atom is 0.387 e. The minimum Gasteiger partial charge on any atom is -0.481 e. The van der Waals surface area contributed by atoms with E-state index in [2.05, 4.69) is 14.6 Å². The molecule has 128 valence electrons. The first-order chi connectivity index (χ1) is 10.9. The number of carboxylic acid groups (broad SMARTS) is 1. The fraction of sp³-hybridized carbons (Fsp3) is 0.385. The number of ether oxygens (including phenoxy) is 2. The molecule has 0 heterocycles. The van der Waals surface area contributed by atoms with Gasteiger partial charge in [-0.3, -0.25) is 4.79 Å². The van der Waals surface area contributed by atoms with Crippen LogP contribution in [-0.4, -0.2) is 37.1 Å². The predicted octanol–water partition coefficient (Wildman–Crippen LogP) is 3.10. The Morgan fingerprint density at radius 2 is 1.83 bits per heavy atom. The quantitative estimate of drug-likeness (QED) is 0.307. The molecular weight excluding hydrogens is 326 g/mol. The van der Waals surface area contributed by atoms with Crippen LogP contribution in [0.25, 0.3) is 0 Å². The van der Waals surface area contributed by atoms with Crippen molar-refractivity contribution in [1.82, 2.24) is 0 Å². The number of carbonyl (C=O) groups is 1. The lowest BCUT2D eigenvalue weighted by Gasteiger charge is -2.11. The summed E-state index contributed by atoms with van der Waals surface area (Å²) in [6.07, 6.45) is 1.29. The molecule has 0 saturated carbocycles. The number of aliphatic carboxylic acids is 1. The van der Waals surface area contributed by atoms with Crippen LogP contribution in [0.2, 0.25) is 0 Å². The molecular formula is C13H13F4NO5. The molecule has 10 heteroatoms. The van der Waals surface area contributed by atoms with Crippen LogP contribution in [-0.2, 0) is 9.63 Å². The zero-order valence-corrected chi connectivity index (χ0v) is 11.6. The first-order valence-electron chi connectivity index (χ1n) is 6.29. The molecule has 0 aliphatic carbocycles. The van der Waals surface area contributed by atoms with Gasteiger partial charge in [0.15, 0.2) is 11.5 Å². The molecule has 0 aromatic heterocycles. The highest BCUT2D eigenvalue weighted by molar-refractivity contribution is 5.80. The zero-order valence-electron chi connectivity index (χ0n) is 11.6. The molecule has 0 unspecified atom stereocenters. The van der Waals surface area contributed by atoms with E-state index in [1.165, 1.54) is 6.07 Å². The zero-order chi connectivity index (χ0) is 17.2. The van der Waals surface area contributed by atoms with Gasteiger partial charge in [0.2, 0.25) is 0 Å². The van der Waals surface area contributed by atoms with E-state index in [9.17, 15) is 22.4 Å². The van der Waals surface area contributed by atoms with Crippen LogP contribution in [0.3, 0.4) is 0 Å². The van der Waals surface area contributed by atoms with Crippen LogP contribution in [0.5, 0.6) is 11.5 Å². The molecule has 1 aromatic carbocycles. The van der Waals surface area contributed by atoms with Crippen molar-refractivity contribution in [2.75, 3.05) is 6.61 Å². The summed E-state index contributed by atoms with van der Waals surface area (Å²) >= 11 is 0. The summed E-state index contributed by atoms with van der Waals surface area (Å²) in [6, 6.07) is 3.32. The van der Waals surface area contributed by atoms with Gasteiger partial charge in [-0.05, 0) is 24.6 Å². The average molecular weight is 339 g/mol. The maximum absolute atomic E-state index is 12.3. The van der Waals surface area contributed by atoms with Gasteiger partial charge in [0.1, 0.15) is 6.61 Å². The molecule has 0 atom stereocenters. The molecule has 23 heavy (non-hydrogen) atoms. The van der Waals surface area contributed by atoms with Crippen LogP contribution in [0.1, 0.15) is 18.4 Å². The fourth-order valence-electron chi connectivity index (χ4n) is 1.43. The smallest absolute Gasteiger partial charge is 0.387 e. The highest BCUT2D eigenvalue weighted by Crippen LogP contribution is 2.30. The third kappa shape index (κ3) is 7.88. The van der Waals surface area contributed by atoms with E-state index in [1.807, 2.05) is 0 Å². The van der Waals surface area contributed by atoms with Crippen molar-refractivity contribution in [1.29, 1.82) is 0 Å². The second kappa shape index (κ2) is 9.49. The van der Waals surface area contributed by atoms with E-state index in [0.717, 1.165) is 18.3 Å². The van der Waals surface area contributed by atoms with Gasteiger partial charge in [0.25, 0.3) is 0 Å². The van der Waals surface area contributed by atoms with Gasteiger partial charge in [-0.15, -0.1) is 0 Å². The summed E-state index contributed by atoms with van der Waals surface area (Å²) in [5, 5.41) is 11.9. The van der Waals surface area contributed by atoms with E-state index in [4.69, 9.17) is 9.94 Å². The number of nitrogens with zero attached hydrogens (tertiary/aromatic N) is 1. The Labute approximate surface area is 128 Å². The van der Waals surface area contributed by atoms with E-state index < -0.39 is 30.7 Å². The molecule has 0 saturated heterocycles. The number of alkyl halides is 4. The molecule has 1 N–H and O–H groups in total. The van der Waals surface area contributed by atoms with Crippen molar-refractivity contribution in [3.05, 3.63) is 23.8 Å². The molecule has 0 fully saturated rings. The normalized spacial score (nSPS) is 11.2. The highest BCUT2D eigenvalue weighted by Gasteiger charge is 2.15. The topological polar surface area (TPSA) is 77.4 Å². The monoisotopic (exact) mass is 339 g/mol. The Morgan fingerprint density at radius 1 is 1.17 bits per heavy atom. The number of hydrogen-bond acceptors (Lipinski definition) is 5. The van der Waals surface area contributed by atoms with Crippen molar-refractivity contribution in [2.24, 2.45) is 5.16 Å². The van der Waals surface area contributed by atoms with E-state index >= 15 is 0 Å². The van der Waals surface area contributed by atoms with Gasteiger partial charge in [-0.1, -0.05) is 5.16 Å². The summed E-state index contributed by atoms with van der Waals surface area (Å²) in [4.78, 5) is 15.0. The summed E-state index contributed by atoms with van der Waals surface area (Å²) in [5.74, 6) is -2.09. The molecule has 6 nitrogen and oxygen atoms in total. The lowest BCUT2D eigenvalue weighted by atomic mass is 10.2. The highest BCUT2D eigenvalue weighted by atomic mass is 19.3. The van der Waals surface area contributed by atoms with E-state index in [-0.39, 0.29) is 25.0 Å². The standard InChI is InChI=1S/C13H13F4NO5/c14-12(15)22-9-4-3-8(6-10(9)23-13(16)17)7-18-21-5-1-2-11(19)20/h3-4,6-7,12-13H,1-2,5H2,(H,19,20)/b18-7+. The van der Waals surface area contributed by atoms with Crippen LogP contribution < -0.4 is 9.47 Å². The van der Waals surface area contributed by atoms with Crippen molar-refractivity contribution < 1.29 is 41.8 Å². The lowest BCUT2D eigenvalue weighted by Crippen LogP contribution is -2.08. The van der Waals surface area contributed by atoms with Crippen LogP contribution in [0.15, 0.2) is 23.4 Å². The van der Waals surface area contributed by atoms with Crippen molar-refractivity contribution in [3.8, 4) is 11.5 Å². The van der Waals surface area contributed by atoms with Gasteiger partial charge in [0, 0.05) is 12.0 Å². The van der Waals surface area contributed by atoms with Gasteiger partial charge < -0.3 is 19.4 Å². The minimum absolute atomic E-state index is 0.0514. The Morgan fingerprint density at radius 3 is 2.43 bits per heavy atom. The second-order valence-corrected chi connectivity index (χ2v) is 4.03. The van der Waals surface area contributed by atoms with E-state index in [0.29, 0.717) is 0 Å². The SMILES string of the molecule is O=C(O)CCCO/N=C/c1ccc(OC(F)F)c(OC(F)F)c1. The Kier molecular flexibility index (Phi) is 7.64. The van der Waals surface area contributed by atoms with Gasteiger partial charge >= 0.3 is 19.2 Å². The summed E-state index contributed by atoms with van der Waals surface area (Å²) in [6.45, 7) is -6.35. The Balaban J connectivity index is 2.66. The summed E-state index contributed by atoms with van der Waals surface area (Å²) in [7, 11) is 0. The first-order valence-corrected chi connectivity index (χ1v) is 6.29. The number of oxime groups is 1. The average Bonchev–Trinajstić information content (AvgIpc) is 2.44. The second-order valence-electron chi connectivity index (χ2n) is 4.03. The minimum atomic E-state index is -3.21. The molecule has 0 radical (unpaired) electrons. The van der Waals surface area contributed by atoms with Crippen molar-refractivity contribution in [2.45, 2.75) is 26.1 Å². The predicted molar refractivity (Wildman–Crippen MR) is 70.1 cm³/mol. The number of hydrogen-bond donors (Lipinski definition) is 1. The summed E-state index contributed by atoms with van der Waals surface area (Å²) < 4.78 is 57.0. The van der Waals surface area contributed by atoms with Crippen LogP contribution in [0.4, 0.5) is 17.6 Å². The van der Waals surface area contributed by atoms with Crippen molar-refractivity contribution >= 4 is 12.2 Å². The molecule has 0 amide bonds. The lowest BCUT2D eigenvalue weighted by molar-refractivity contribution is -0.137. The van der Waals surface area contributed by atoms with Crippen LogP contribution >= 0.6 is 0 Å². The molecule has 1 rings (SSSR count). The maximum atomic E-state index is 12.3. The molecule has 0 aliphatic heterocycles. The molecule has 0 spiro atoms. The molecule has 0 aliphatic rings. The van der Waals surface area contributed by atoms with E-state index in [1.54, 1.807) is 0 Å². The largest absolute Gasteiger partial charge is 0.481 e. The Hall–Kier alpha value is -2.52. The number of halogens is 4. The summed E-state index contributed by atoms with van der Waals surface area (Å²) in [5.41, 5.74) is 0.237. The first kappa shape index (κ1) is 18.5. The van der Waals surface area contributed by atoms with Crippen LogP contribution in [0, 0.1) is 0 Å². The molecule has 1 aromatic rings. The third-order valence-corrected chi connectivity index (χ3v) is 2.30. The van der Waals surface area contributed by atoms with Gasteiger partial charge in [-0.2, -0.15) is 17.6 Å². The fourth-order valence-corrected chi connectivity index (χ4v) is 1.43.